The van der Waals surface area contributed by atoms with Crippen molar-refractivity contribution in [2.45, 2.75) is 30.9 Å². The summed E-state index contributed by atoms with van der Waals surface area (Å²) in [6.07, 6.45) is -0.364. The molecule has 2 aromatic carbocycles. The molecule has 1 aliphatic heterocycles. The number of amides is 1. The highest BCUT2D eigenvalue weighted by atomic mass is 32.2. The lowest BCUT2D eigenvalue weighted by Gasteiger charge is -2.37. The molecule has 0 unspecified atom stereocenters. The Morgan fingerprint density at radius 2 is 1.94 bits per heavy atom. The molecule has 0 spiro atoms. The maximum atomic E-state index is 13.3. The van der Waals surface area contributed by atoms with Gasteiger partial charge in [-0.25, -0.2) is 12.8 Å². The van der Waals surface area contributed by atoms with Crippen molar-refractivity contribution >= 4 is 21.6 Å². The summed E-state index contributed by atoms with van der Waals surface area (Å²) in [6.45, 7) is 4.32. The van der Waals surface area contributed by atoms with E-state index in [2.05, 4.69) is 10.0 Å². The molecule has 3 N–H and O–H groups in total. The maximum Gasteiger partial charge on any atom is 0.262 e. The van der Waals surface area contributed by atoms with Crippen molar-refractivity contribution in [3.05, 3.63) is 53.8 Å². The number of benzene rings is 2. The van der Waals surface area contributed by atoms with E-state index in [-0.39, 0.29) is 46.4 Å². The zero-order valence-electron chi connectivity index (χ0n) is 18.2. The van der Waals surface area contributed by atoms with Gasteiger partial charge in [0.05, 0.1) is 28.8 Å². The van der Waals surface area contributed by atoms with Crippen LogP contribution in [-0.4, -0.2) is 63.2 Å². The fourth-order valence-electron chi connectivity index (χ4n) is 3.59. The number of nitrogens with one attached hydrogen (secondary N) is 2. The Balaban J connectivity index is 2.08. The molecule has 0 radical (unpaired) electrons. The number of sulfonamides is 1. The van der Waals surface area contributed by atoms with Crippen LogP contribution in [0.5, 0.6) is 5.75 Å². The second-order valence-corrected chi connectivity index (χ2v) is 9.60. The fourth-order valence-corrected chi connectivity index (χ4v) is 4.65. The fraction of sp³-hybridized carbons (Fsp3) is 0.409. The van der Waals surface area contributed by atoms with Gasteiger partial charge in [-0.1, -0.05) is 13.0 Å². The minimum atomic E-state index is -4.06. The Hall–Kier alpha value is -2.69. The number of anilines is 1. The molecule has 10 heteroatoms. The first-order valence-corrected chi connectivity index (χ1v) is 11.8. The Morgan fingerprint density at radius 1 is 1.25 bits per heavy atom. The van der Waals surface area contributed by atoms with Crippen LogP contribution in [0.15, 0.2) is 47.4 Å². The average Bonchev–Trinajstić information content (AvgIpc) is 2.76. The molecule has 0 aliphatic carbocycles. The smallest absolute Gasteiger partial charge is 0.262 e. The van der Waals surface area contributed by atoms with Gasteiger partial charge in [-0.05, 0) is 50.4 Å². The van der Waals surface area contributed by atoms with Crippen molar-refractivity contribution < 1.29 is 27.4 Å². The number of fused-ring (bicyclic) bond motifs is 1. The summed E-state index contributed by atoms with van der Waals surface area (Å²) in [5.74, 6) is -0.899. The molecular formula is C22H28FN3O5S. The number of carbonyl (C=O) groups is 1. The summed E-state index contributed by atoms with van der Waals surface area (Å²) in [6, 6.07) is 8.65. The molecule has 3 rings (SSSR count). The molecule has 1 amide bonds. The van der Waals surface area contributed by atoms with E-state index in [1.54, 1.807) is 31.0 Å². The quantitative estimate of drug-likeness (QED) is 0.578. The number of carbonyl (C=O) groups excluding carboxylic acids is 1. The number of aliphatic hydroxyl groups excluding tert-OH is 1. The van der Waals surface area contributed by atoms with Gasteiger partial charge in [-0.3, -0.25) is 9.52 Å². The molecule has 174 valence electrons. The van der Waals surface area contributed by atoms with E-state index in [1.807, 2.05) is 6.92 Å². The number of hydrogen-bond acceptors (Lipinski definition) is 6. The van der Waals surface area contributed by atoms with Crippen molar-refractivity contribution in [1.82, 2.24) is 10.2 Å². The van der Waals surface area contributed by atoms with E-state index in [9.17, 15) is 22.7 Å². The number of nitrogens with zero attached hydrogens (tertiary/aromatic N) is 1. The number of aliphatic hydroxyl groups is 1. The SMILES string of the molecule is CNC[C@H]1Oc2c(NS(=O)(=O)c3ccc(F)cc3)cccc2C(=O)N([C@H](C)CO)C[C@H]1C. The van der Waals surface area contributed by atoms with E-state index in [1.165, 1.54) is 6.07 Å². The summed E-state index contributed by atoms with van der Waals surface area (Å²) < 4.78 is 47.7. The highest BCUT2D eigenvalue weighted by Crippen LogP contribution is 2.35. The third-order valence-corrected chi connectivity index (χ3v) is 6.85. The first-order chi connectivity index (χ1) is 15.2. The van der Waals surface area contributed by atoms with E-state index < -0.39 is 21.9 Å². The average molecular weight is 466 g/mol. The number of para-hydroxylation sites is 1. The van der Waals surface area contributed by atoms with Crippen LogP contribution in [0.4, 0.5) is 10.1 Å². The minimum absolute atomic E-state index is 0.102. The molecule has 2 aromatic rings. The van der Waals surface area contributed by atoms with Gasteiger partial charge in [0, 0.05) is 19.0 Å². The predicted molar refractivity (Wildman–Crippen MR) is 119 cm³/mol. The van der Waals surface area contributed by atoms with Gasteiger partial charge in [0.2, 0.25) is 0 Å². The summed E-state index contributed by atoms with van der Waals surface area (Å²) in [7, 11) is -2.28. The van der Waals surface area contributed by atoms with E-state index in [0.717, 1.165) is 24.3 Å². The Labute approximate surface area is 187 Å². The minimum Gasteiger partial charge on any atom is -0.486 e. The van der Waals surface area contributed by atoms with Crippen LogP contribution in [0.2, 0.25) is 0 Å². The van der Waals surface area contributed by atoms with Crippen LogP contribution in [0.3, 0.4) is 0 Å². The normalized spacial score (nSPS) is 20.0. The Kier molecular flexibility index (Phi) is 7.37. The van der Waals surface area contributed by atoms with E-state index in [4.69, 9.17) is 4.74 Å². The monoisotopic (exact) mass is 465 g/mol. The first-order valence-electron chi connectivity index (χ1n) is 10.3. The van der Waals surface area contributed by atoms with Crippen LogP contribution < -0.4 is 14.8 Å². The zero-order valence-corrected chi connectivity index (χ0v) is 19.0. The van der Waals surface area contributed by atoms with Gasteiger partial charge >= 0.3 is 0 Å². The van der Waals surface area contributed by atoms with Gasteiger partial charge in [-0.15, -0.1) is 0 Å². The molecule has 0 bridgehead atoms. The molecule has 0 saturated carbocycles. The van der Waals surface area contributed by atoms with Crippen molar-refractivity contribution in [3.63, 3.8) is 0 Å². The van der Waals surface area contributed by atoms with Crippen LogP contribution in [0, 0.1) is 11.7 Å². The lowest BCUT2D eigenvalue weighted by atomic mass is 9.99. The summed E-state index contributed by atoms with van der Waals surface area (Å²) >= 11 is 0. The summed E-state index contributed by atoms with van der Waals surface area (Å²) in [5, 5.41) is 12.7. The number of halogens is 1. The third-order valence-electron chi connectivity index (χ3n) is 5.46. The van der Waals surface area contributed by atoms with Crippen LogP contribution in [0.1, 0.15) is 24.2 Å². The highest BCUT2D eigenvalue weighted by molar-refractivity contribution is 7.92. The lowest BCUT2D eigenvalue weighted by Crippen LogP contribution is -2.49. The van der Waals surface area contributed by atoms with E-state index >= 15 is 0 Å². The number of ether oxygens (including phenoxy) is 1. The molecule has 8 nitrogen and oxygen atoms in total. The summed E-state index contributed by atoms with van der Waals surface area (Å²) in [4.78, 5) is 14.8. The van der Waals surface area contributed by atoms with Crippen molar-refractivity contribution in [2.75, 3.05) is 31.5 Å². The highest BCUT2D eigenvalue weighted by Gasteiger charge is 2.34. The predicted octanol–water partition coefficient (Wildman–Crippen LogP) is 2.07. The molecule has 32 heavy (non-hydrogen) atoms. The van der Waals surface area contributed by atoms with Crippen LogP contribution in [-0.2, 0) is 10.0 Å². The molecule has 3 atom stereocenters. The molecule has 0 aromatic heterocycles. The molecule has 0 fully saturated rings. The van der Waals surface area contributed by atoms with Gasteiger partial charge in [-0.2, -0.15) is 0 Å². The van der Waals surface area contributed by atoms with Gasteiger partial charge in [0.1, 0.15) is 11.9 Å². The van der Waals surface area contributed by atoms with Crippen molar-refractivity contribution in [2.24, 2.45) is 5.92 Å². The number of rotatable bonds is 7. The third kappa shape index (κ3) is 5.03. The van der Waals surface area contributed by atoms with E-state index in [0.29, 0.717) is 13.1 Å². The van der Waals surface area contributed by atoms with Gasteiger partial charge in [0.25, 0.3) is 15.9 Å². The second kappa shape index (κ2) is 9.85. The maximum absolute atomic E-state index is 13.3. The summed E-state index contributed by atoms with van der Waals surface area (Å²) in [5.41, 5.74) is 0.296. The van der Waals surface area contributed by atoms with Crippen molar-refractivity contribution in [3.8, 4) is 5.75 Å². The van der Waals surface area contributed by atoms with Crippen LogP contribution >= 0.6 is 0 Å². The van der Waals surface area contributed by atoms with Crippen molar-refractivity contribution in [1.29, 1.82) is 0 Å². The van der Waals surface area contributed by atoms with Gasteiger partial charge < -0.3 is 20.1 Å². The Morgan fingerprint density at radius 3 is 2.56 bits per heavy atom. The van der Waals surface area contributed by atoms with Gasteiger partial charge in [0.15, 0.2) is 5.75 Å². The molecule has 0 saturated heterocycles. The van der Waals surface area contributed by atoms with Crippen LogP contribution in [0.25, 0.3) is 0 Å². The Bertz CT molecular complexity index is 1060. The topological polar surface area (TPSA) is 108 Å². The number of hydrogen-bond donors (Lipinski definition) is 3. The molecule has 1 aliphatic rings. The first kappa shape index (κ1) is 24.0. The largest absolute Gasteiger partial charge is 0.486 e. The zero-order chi connectivity index (χ0) is 23.5. The standard InChI is InChI=1S/C22H28FN3O5S/c1-14-12-26(15(2)13-27)22(28)18-5-4-6-19(21(18)31-20(14)11-24-3)25-32(29,30)17-9-7-16(23)8-10-17/h4-10,14-15,20,24-25,27H,11-13H2,1-3H3/t14-,15-,20-/m1/s1. The number of likely N-dealkylation sites (N-methyl/N-ethyl adjacent to an activating group) is 1. The molecule has 1 heterocycles. The second-order valence-electron chi connectivity index (χ2n) is 7.92. The lowest BCUT2D eigenvalue weighted by molar-refractivity contribution is 0.0417. The molecular weight excluding hydrogens is 437 g/mol.